The van der Waals surface area contributed by atoms with Crippen LogP contribution in [-0.4, -0.2) is 25.4 Å². The second-order valence-corrected chi connectivity index (χ2v) is 6.50. The van der Waals surface area contributed by atoms with E-state index in [1.165, 1.54) is 0 Å². The Morgan fingerprint density at radius 1 is 1.28 bits per heavy atom. The summed E-state index contributed by atoms with van der Waals surface area (Å²) in [4.78, 5) is 0. The van der Waals surface area contributed by atoms with E-state index in [9.17, 15) is 0 Å². The van der Waals surface area contributed by atoms with E-state index in [1.54, 1.807) is 7.11 Å². The molecule has 1 aromatic carbocycles. The molecular weight excluding hydrogens is 448 g/mol. The van der Waals surface area contributed by atoms with Crippen molar-refractivity contribution in [2.24, 2.45) is 0 Å². The van der Waals surface area contributed by atoms with Crippen molar-refractivity contribution in [3.8, 4) is 0 Å². The van der Waals surface area contributed by atoms with Crippen LogP contribution in [0.2, 0.25) is 0 Å². The lowest BCUT2D eigenvalue weighted by atomic mass is 10.3. The summed E-state index contributed by atoms with van der Waals surface area (Å²) >= 11 is 15.6. The quantitative estimate of drug-likeness (QED) is 0.507. The van der Waals surface area contributed by atoms with Crippen LogP contribution in [-0.2, 0) is 4.74 Å². The fourth-order valence-corrected chi connectivity index (χ4v) is 3.90. The van der Waals surface area contributed by atoms with E-state index in [2.05, 4.69) is 58.4 Å². The smallest absolute Gasteiger partial charge is 0.170 e. The van der Waals surface area contributed by atoms with Gasteiger partial charge < -0.3 is 15.4 Å². The van der Waals surface area contributed by atoms with E-state index in [-0.39, 0.29) is 0 Å². The lowest BCUT2D eigenvalue weighted by Gasteiger charge is -2.13. The Morgan fingerprint density at radius 3 is 2.44 bits per heavy atom. The molecule has 0 radical (unpaired) electrons. The Bertz CT molecular complexity index is 406. The first-order chi connectivity index (χ1) is 8.54. The van der Waals surface area contributed by atoms with Gasteiger partial charge in [-0.25, -0.2) is 0 Å². The zero-order valence-corrected chi connectivity index (χ0v) is 15.3. The fourth-order valence-electron chi connectivity index (χ4n) is 1.24. The Kier molecular flexibility index (Phi) is 7.70. The lowest BCUT2D eigenvalue weighted by Crippen LogP contribution is -2.30. The summed E-state index contributed by atoms with van der Waals surface area (Å²) in [5, 5.41) is 6.86. The van der Waals surface area contributed by atoms with Gasteiger partial charge in [-0.1, -0.05) is 15.9 Å². The number of nitrogens with one attached hydrogen (secondary N) is 2. The van der Waals surface area contributed by atoms with Crippen LogP contribution in [0.5, 0.6) is 0 Å². The summed E-state index contributed by atoms with van der Waals surface area (Å²) < 4.78 is 7.83. The highest BCUT2D eigenvalue weighted by Crippen LogP contribution is 2.34. The minimum Gasteiger partial charge on any atom is -0.385 e. The van der Waals surface area contributed by atoms with E-state index in [0.29, 0.717) is 5.11 Å². The number of halogens is 3. The molecule has 1 rings (SSSR count). The minimum absolute atomic E-state index is 0.592. The van der Waals surface area contributed by atoms with E-state index in [4.69, 9.17) is 17.0 Å². The zero-order valence-electron chi connectivity index (χ0n) is 9.73. The highest BCUT2D eigenvalue weighted by atomic mass is 79.9. The average molecular weight is 461 g/mol. The number of anilines is 1. The molecule has 0 aromatic heterocycles. The van der Waals surface area contributed by atoms with Gasteiger partial charge in [-0.15, -0.1) is 0 Å². The van der Waals surface area contributed by atoms with E-state index >= 15 is 0 Å². The van der Waals surface area contributed by atoms with Crippen LogP contribution < -0.4 is 10.6 Å². The van der Waals surface area contributed by atoms with Gasteiger partial charge in [-0.2, -0.15) is 0 Å². The van der Waals surface area contributed by atoms with Crippen molar-refractivity contribution in [3.05, 3.63) is 25.6 Å². The molecule has 0 amide bonds. The van der Waals surface area contributed by atoms with Crippen molar-refractivity contribution >= 4 is 70.8 Å². The molecule has 0 aliphatic heterocycles. The number of rotatable bonds is 5. The molecule has 0 aliphatic carbocycles. The predicted octanol–water partition coefficient (Wildman–Crippen LogP) is 4.30. The first-order valence-corrected chi connectivity index (χ1v) is 8.01. The molecule has 7 heteroatoms. The van der Waals surface area contributed by atoms with Gasteiger partial charge in [0.15, 0.2) is 5.11 Å². The zero-order chi connectivity index (χ0) is 13.5. The van der Waals surface area contributed by atoms with Crippen LogP contribution >= 0.6 is 60.0 Å². The first kappa shape index (κ1) is 16.4. The average Bonchev–Trinajstić information content (AvgIpc) is 2.29. The Labute approximate surface area is 137 Å². The SMILES string of the molecule is COCCCNC(=S)Nc1c(Br)cc(Br)cc1Br. The number of methoxy groups -OCH3 is 1. The predicted molar refractivity (Wildman–Crippen MR) is 90.3 cm³/mol. The van der Waals surface area contributed by atoms with E-state index < -0.39 is 0 Å². The number of benzene rings is 1. The fraction of sp³-hybridized carbons (Fsp3) is 0.364. The van der Waals surface area contributed by atoms with Crippen molar-refractivity contribution in [3.63, 3.8) is 0 Å². The van der Waals surface area contributed by atoms with Crippen LogP contribution in [0.3, 0.4) is 0 Å². The van der Waals surface area contributed by atoms with Gasteiger partial charge in [-0.3, -0.25) is 0 Å². The third-order valence-electron chi connectivity index (χ3n) is 2.06. The largest absolute Gasteiger partial charge is 0.385 e. The lowest BCUT2D eigenvalue weighted by molar-refractivity contribution is 0.196. The van der Waals surface area contributed by atoms with Gasteiger partial charge in [0.1, 0.15) is 0 Å². The molecule has 3 nitrogen and oxygen atoms in total. The maximum atomic E-state index is 5.22. The molecule has 0 saturated carbocycles. The van der Waals surface area contributed by atoms with E-state index in [1.807, 2.05) is 12.1 Å². The summed E-state index contributed by atoms with van der Waals surface area (Å²) in [6.07, 6.45) is 0.918. The number of hydrogen-bond acceptors (Lipinski definition) is 2. The Hall–Kier alpha value is 0.310. The molecule has 2 N–H and O–H groups in total. The van der Waals surface area contributed by atoms with Gasteiger partial charge in [-0.05, 0) is 62.6 Å². The molecule has 0 spiro atoms. The van der Waals surface area contributed by atoms with Gasteiger partial charge in [0, 0.05) is 33.7 Å². The van der Waals surface area contributed by atoms with Crippen LogP contribution in [0, 0.1) is 0 Å². The van der Waals surface area contributed by atoms with Gasteiger partial charge in [0.05, 0.1) is 5.69 Å². The molecule has 0 saturated heterocycles. The van der Waals surface area contributed by atoms with E-state index in [0.717, 1.165) is 38.7 Å². The topological polar surface area (TPSA) is 33.3 Å². The maximum absolute atomic E-state index is 5.22. The molecule has 0 atom stereocenters. The molecule has 18 heavy (non-hydrogen) atoms. The summed E-state index contributed by atoms with van der Waals surface area (Å²) in [6, 6.07) is 3.92. The second-order valence-electron chi connectivity index (χ2n) is 3.47. The first-order valence-electron chi connectivity index (χ1n) is 5.23. The molecule has 0 aliphatic rings. The summed E-state index contributed by atoms with van der Waals surface area (Å²) in [5.41, 5.74) is 0.905. The number of ether oxygens (including phenoxy) is 1. The van der Waals surface area contributed by atoms with Gasteiger partial charge >= 0.3 is 0 Å². The molecular formula is C11H13Br3N2OS. The highest BCUT2D eigenvalue weighted by Gasteiger charge is 2.08. The molecule has 0 bridgehead atoms. The van der Waals surface area contributed by atoms with Crippen molar-refractivity contribution in [1.29, 1.82) is 0 Å². The Morgan fingerprint density at radius 2 is 1.89 bits per heavy atom. The van der Waals surface area contributed by atoms with Gasteiger partial charge in [0.25, 0.3) is 0 Å². The standard InChI is InChI=1S/C11H13Br3N2OS/c1-17-4-2-3-15-11(18)16-10-8(13)5-7(12)6-9(10)14/h5-6H,2-4H2,1H3,(H2,15,16,18). The van der Waals surface area contributed by atoms with Crippen molar-refractivity contribution in [2.75, 3.05) is 25.6 Å². The summed E-state index contributed by atoms with van der Waals surface area (Å²) in [7, 11) is 1.69. The van der Waals surface area contributed by atoms with Crippen LogP contribution in [0.15, 0.2) is 25.6 Å². The monoisotopic (exact) mass is 458 g/mol. The third kappa shape index (κ3) is 5.52. The maximum Gasteiger partial charge on any atom is 0.170 e. The normalized spacial score (nSPS) is 10.2. The molecule has 1 aromatic rings. The Balaban J connectivity index is 2.54. The molecule has 100 valence electrons. The summed E-state index contributed by atoms with van der Waals surface area (Å²) in [5.74, 6) is 0. The van der Waals surface area contributed by atoms with Crippen LogP contribution in [0.25, 0.3) is 0 Å². The summed E-state index contributed by atoms with van der Waals surface area (Å²) in [6.45, 7) is 1.51. The van der Waals surface area contributed by atoms with Crippen molar-refractivity contribution in [1.82, 2.24) is 5.32 Å². The van der Waals surface area contributed by atoms with Crippen LogP contribution in [0.4, 0.5) is 5.69 Å². The highest BCUT2D eigenvalue weighted by molar-refractivity contribution is 9.11. The van der Waals surface area contributed by atoms with Gasteiger partial charge in [0.2, 0.25) is 0 Å². The molecule has 0 fully saturated rings. The van der Waals surface area contributed by atoms with Crippen molar-refractivity contribution < 1.29 is 4.74 Å². The number of hydrogen-bond donors (Lipinski definition) is 2. The van der Waals surface area contributed by atoms with Crippen LogP contribution in [0.1, 0.15) is 6.42 Å². The van der Waals surface area contributed by atoms with Crippen molar-refractivity contribution in [2.45, 2.75) is 6.42 Å². The molecule has 0 unspecified atom stereocenters. The minimum atomic E-state index is 0.592. The molecule has 0 heterocycles. The third-order valence-corrected chi connectivity index (χ3v) is 4.01. The number of thiocarbonyl (C=S) groups is 1. The second kappa shape index (κ2) is 8.47.